The van der Waals surface area contributed by atoms with Crippen LogP contribution >= 0.6 is 0 Å². The summed E-state index contributed by atoms with van der Waals surface area (Å²) in [6.07, 6.45) is 3.32. The van der Waals surface area contributed by atoms with Crippen LogP contribution in [0.5, 0.6) is 0 Å². The summed E-state index contributed by atoms with van der Waals surface area (Å²) in [4.78, 5) is 16.5. The lowest BCUT2D eigenvalue weighted by Gasteiger charge is -2.12. The molecule has 0 bridgehead atoms. The maximum absolute atomic E-state index is 12.7. The Kier molecular flexibility index (Phi) is 6.18. The van der Waals surface area contributed by atoms with E-state index in [1.807, 2.05) is 36.4 Å². The van der Waals surface area contributed by atoms with Gasteiger partial charge in [-0.25, -0.2) is 13.1 Å². The number of hydrogen-bond donors (Lipinski definition) is 2. The third-order valence-electron chi connectivity index (χ3n) is 4.22. The predicted octanol–water partition coefficient (Wildman–Crippen LogP) is 2.80. The van der Waals surface area contributed by atoms with E-state index in [1.165, 1.54) is 6.07 Å². The molecule has 6 nitrogen and oxygen atoms in total. The zero-order valence-corrected chi connectivity index (χ0v) is 16.2. The van der Waals surface area contributed by atoms with Gasteiger partial charge in [-0.3, -0.25) is 9.78 Å². The van der Waals surface area contributed by atoms with Crippen molar-refractivity contribution in [2.24, 2.45) is 0 Å². The molecule has 0 saturated heterocycles. The Bertz CT molecular complexity index is 1050. The van der Waals surface area contributed by atoms with Gasteiger partial charge in [0, 0.05) is 31.0 Å². The van der Waals surface area contributed by atoms with Crippen molar-refractivity contribution >= 4 is 15.9 Å². The number of pyridine rings is 1. The SMILES string of the molecule is Cc1ccc(C(=O)NCc2cccnc2)cc1S(=O)(=O)NCc1ccccc1. The Morgan fingerprint density at radius 1 is 0.964 bits per heavy atom. The number of sulfonamides is 1. The molecule has 0 unspecified atom stereocenters. The third kappa shape index (κ3) is 5.03. The molecule has 2 aromatic carbocycles. The summed E-state index contributed by atoms with van der Waals surface area (Å²) >= 11 is 0. The van der Waals surface area contributed by atoms with Crippen LogP contribution in [0.25, 0.3) is 0 Å². The van der Waals surface area contributed by atoms with Gasteiger partial charge in [-0.15, -0.1) is 0 Å². The van der Waals surface area contributed by atoms with Crippen molar-refractivity contribution in [1.82, 2.24) is 15.0 Å². The monoisotopic (exact) mass is 395 g/mol. The van der Waals surface area contributed by atoms with Crippen molar-refractivity contribution in [1.29, 1.82) is 0 Å². The Balaban J connectivity index is 1.73. The second-order valence-corrected chi connectivity index (χ2v) is 8.07. The lowest BCUT2D eigenvalue weighted by atomic mass is 10.1. The van der Waals surface area contributed by atoms with Crippen molar-refractivity contribution in [2.45, 2.75) is 24.9 Å². The second-order valence-electron chi connectivity index (χ2n) is 6.33. The van der Waals surface area contributed by atoms with Crippen molar-refractivity contribution < 1.29 is 13.2 Å². The molecule has 144 valence electrons. The first-order valence-electron chi connectivity index (χ1n) is 8.77. The topological polar surface area (TPSA) is 88.2 Å². The highest BCUT2D eigenvalue weighted by molar-refractivity contribution is 7.89. The molecule has 0 atom stereocenters. The number of rotatable bonds is 7. The minimum atomic E-state index is -3.75. The molecule has 2 N–H and O–H groups in total. The van der Waals surface area contributed by atoms with E-state index in [0.29, 0.717) is 12.1 Å². The van der Waals surface area contributed by atoms with Gasteiger partial charge in [0.1, 0.15) is 0 Å². The van der Waals surface area contributed by atoms with E-state index in [4.69, 9.17) is 0 Å². The van der Waals surface area contributed by atoms with Gasteiger partial charge in [-0.2, -0.15) is 0 Å². The van der Waals surface area contributed by atoms with Crippen LogP contribution in [-0.2, 0) is 23.1 Å². The normalized spacial score (nSPS) is 11.2. The smallest absolute Gasteiger partial charge is 0.251 e. The highest BCUT2D eigenvalue weighted by atomic mass is 32.2. The quantitative estimate of drug-likeness (QED) is 0.644. The zero-order chi connectivity index (χ0) is 20.0. The van der Waals surface area contributed by atoms with Gasteiger partial charge >= 0.3 is 0 Å². The fraction of sp³-hybridized carbons (Fsp3) is 0.143. The van der Waals surface area contributed by atoms with Gasteiger partial charge in [-0.1, -0.05) is 42.5 Å². The number of amides is 1. The van der Waals surface area contributed by atoms with Gasteiger partial charge in [0.25, 0.3) is 5.91 Å². The van der Waals surface area contributed by atoms with E-state index >= 15 is 0 Å². The number of carbonyl (C=O) groups is 1. The first-order chi connectivity index (χ1) is 13.5. The number of aryl methyl sites for hydroxylation is 1. The molecule has 1 heterocycles. The van der Waals surface area contributed by atoms with Crippen LogP contribution in [0.4, 0.5) is 0 Å². The lowest BCUT2D eigenvalue weighted by molar-refractivity contribution is 0.0950. The molecule has 0 fully saturated rings. The van der Waals surface area contributed by atoms with E-state index in [1.54, 1.807) is 37.5 Å². The largest absolute Gasteiger partial charge is 0.348 e. The van der Waals surface area contributed by atoms with Crippen molar-refractivity contribution in [2.75, 3.05) is 0 Å². The summed E-state index contributed by atoms with van der Waals surface area (Å²) in [7, 11) is -3.75. The molecule has 28 heavy (non-hydrogen) atoms. The summed E-state index contributed by atoms with van der Waals surface area (Å²) in [6, 6.07) is 17.6. The van der Waals surface area contributed by atoms with Crippen LogP contribution in [0.15, 0.2) is 78.0 Å². The molecular weight excluding hydrogens is 374 g/mol. The average Bonchev–Trinajstić information content (AvgIpc) is 2.72. The fourth-order valence-electron chi connectivity index (χ4n) is 2.67. The van der Waals surface area contributed by atoms with Crippen LogP contribution in [0.3, 0.4) is 0 Å². The zero-order valence-electron chi connectivity index (χ0n) is 15.4. The summed E-state index contributed by atoms with van der Waals surface area (Å²) in [5.41, 5.74) is 2.58. The van der Waals surface area contributed by atoms with Crippen LogP contribution in [0.2, 0.25) is 0 Å². The summed E-state index contributed by atoms with van der Waals surface area (Å²) in [5, 5.41) is 2.78. The first kappa shape index (κ1) is 19.7. The number of hydrogen-bond acceptors (Lipinski definition) is 4. The summed E-state index contributed by atoms with van der Waals surface area (Å²) in [5.74, 6) is -0.344. The molecule has 0 aliphatic heterocycles. The second kappa shape index (κ2) is 8.77. The Morgan fingerprint density at radius 2 is 1.71 bits per heavy atom. The van der Waals surface area contributed by atoms with Crippen molar-refractivity contribution in [3.8, 4) is 0 Å². The maximum atomic E-state index is 12.7. The molecule has 0 radical (unpaired) electrons. The standard InChI is InChI=1S/C21H21N3O3S/c1-16-9-10-19(21(25)23-14-18-8-5-11-22-13-18)12-20(16)28(26,27)24-15-17-6-3-2-4-7-17/h2-13,24H,14-15H2,1H3,(H,23,25). The van der Waals surface area contributed by atoms with Gasteiger partial charge in [0.15, 0.2) is 0 Å². The number of nitrogens with zero attached hydrogens (tertiary/aromatic N) is 1. The van der Waals surface area contributed by atoms with Gasteiger partial charge in [0.2, 0.25) is 10.0 Å². The summed E-state index contributed by atoms with van der Waals surface area (Å²) in [6.45, 7) is 2.20. The van der Waals surface area contributed by atoms with Crippen LogP contribution in [0.1, 0.15) is 27.0 Å². The predicted molar refractivity (Wildman–Crippen MR) is 107 cm³/mol. The molecule has 0 saturated carbocycles. The Labute approximate surface area is 164 Å². The van der Waals surface area contributed by atoms with Gasteiger partial charge in [-0.05, 0) is 41.8 Å². The van der Waals surface area contributed by atoms with Crippen molar-refractivity contribution in [3.05, 3.63) is 95.3 Å². The third-order valence-corrected chi connectivity index (χ3v) is 5.77. The maximum Gasteiger partial charge on any atom is 0.251 e. The minimum Gasteiger partial charge on any atom is -0.348 e. The number of nitrogens with one attached hydrogen (secondary N) is 2. The number of benzene rings is 2. The van der Waals surface area contributed by atoms with E-state index in [0.717, 1.165) is 11.1 Å². The molecule has 0 spiro atoms. The first-order valence-corrected chi connectivity index (χ1v) is 10.3. The number of aromatic nitrogens is 1. The summed E-state index contributed by atoms with van der Waals surface area (Å²) < 4.78 is 28.0. The average molecular weight is 395 g/mol. The van der Waals surface area contributed by atoms with Crippen LogP contribution < -0.4 is 10.0 Å². The van der Waals surface area contributed by atoms with Crippen LogP contribution in [0, 0.1) is 6.92 Å². The lowest BCUT2D eigenvalue weighted by Crippen LogP contribution is -2.26. The van der Waals surface area contributed by atoms with Crippen LogP contribution in [-0.4, -0.2) is 19.3 Å². The highest BCUT2D eigenvalue weighted by Crippen LogP contribution is 2.18. The molecule has 0 aliphatic rings. The Hall–Kier alpha value is -3.03. The van der Waals surface area contributed by atoms with E-state index in [-0.39, 0.29) is 22.9 Å². The van der Waals surface area contributed by atoms with E-state index in [9.17, 15) is 13.2 Å². The van der Waals surface area contributed by atoms with E-state index in [2.05, 4.69) is 15.0 Å². The highest BCUT2D eigenvalue weighted by Gasteiger charge is 2.19. The molecule has 1 aromatic heterocycles. The van der Waals surface area contributed by atoms with E-state index < -0.39 is 10.0 Å². The Morgan fingerprint density at radius 3 is 2.43 bits per heavy atom. The molecular formula is C21H21N3O3S. The van der Waals surface area contributed by atoms with Gasteiger partial charge in [0.05, 0.1) is 4.90 Å². The van der Waals surface area contributed by atoms with Gasteiger partial charge < -0.3 is 5.32 Å². The fourth-order valence-corrected chi connectivity index (χ4v) is 3.96. The minimum absolute atomic E-state index is 0.0949. The molecule has 1 amide bonds. The molecule has 7 heteroatoms. The molecule has 3 aromatic rings. The number of carbonyl (C=O) groups excluding carboxylic acids is 1. The van der Waals surface area contributed by atoms with Crippen molar-refractivity contribution in [3.63, 3.8) is 0 Å². The molecule has 3 rings (SSSR count). The molecule has 0 aliphatic carbocycles.